The molecule has 2 aromatic carbocycles. The summed E-state index contributed by atoms with van der Waals surface area (Å²) in [4.78, 5) is 15.2. The lowest BCUT2D eigenvalue weighted by atomic mass is 9.55. The fourth-order valence-electron chi connectivity index (χ4n) is 4.24. The fourth-order valence-corrected chi connectivity index (χ4v) is 4.24. The van der Waals surface area contributed by atoms with Crippen LogP contribution in [0.3, 0.4) is 0 Å². The summed E-state index contributed by atoms with van der Waals surface area (Å²) in [5.74, 6) is 0.346. The van der Waals surface area contributed by atoms with Crippen LogP contribution in [0, 0.1) is 10.1 Å². The van der Waals surface area contributed by atoms with Gasteiger partial charge in [-0.05, 0) is 35.1 Å². The smallest absolute Gasteiger partial charge is 0.269 e. The minimum atomic E-state index is -0.318. The number of nitrogens with zero attached hydrogens (tertiary/aromatic N) is 2. The van der Waals surface area contributed by atoms with Crippen LogP contribution in [0.1, 0.15) is 41.0 Å². The molecule has 0 radical (unpaired) electrons. The van der Waals surface area contributed by atoms with E-state index in [1.54, 1.807) is 19.2 Å². The number of hydrogen-bond acceptors (Lipinski definition) is 3. The molecule has 0 aromatic heterocycles. The van der Waals surface area contributed by atoms with Gasteiger partial charge in [-0.1, -0.05) is 30.3 Å². The van der Waals surface area contributed by atoms with Crippen molar-refractivity contribution < 1.29 is 4.92 Å². The van der Waals surface area contributed by atoms with Crippen molar-refractivity contribution in [3.63, 3.8) is 0 Å². The molecule has 0 saturated heterocycles. The molecule has 3 aliphatic carbocycles. The standard InChI is InChI=1S/C18H16N2O2/c1-19-11-18-9-8-13(14-4-2-3-5-16(14)18)15-7-6-12(20(21)22)10-17(15)18/h2-7,10-11,13H,8-9H2,1H3. The molecule has 0 aliphatic heterocycles. The van der Waals surface area contributed by atoms with Crippen molar-refractivity contribution >= 4 is 11.9 Å². The maximum absolute atomic E-state index is 11.2. The largest absolute Gasteiger partial charge is 0.300 e. The lowest BCUT2D eigenvalue weighted by Crippen LogP contribution is -2.41. The quantitative estimate of drug-likeness (QED) is 0.480. The van der Waals surface area contributed by atoms with Crippen molar-refractivity contribution in [3.05, 3.63) is 74.8 Å². The molecule has 4 heteroatoms. The van der Waals surface area contributed by atoms with Crippen LogP contribution in [0.15, 0.2) is 47.5 Å². The van der Waals surface area contributed by atoms with Crippen molar-refractivity contribution in [2.45, 2.75) is 24.2 Å². The molecule has 5 rings (SSSR count). The summed E-state index contributed by atoms with van der Waals surface area (Å²) in [7, 11) is 1.77. The summed E-state index contributed by atoms with van der Waals surface area (Å²) >= 11 is 0. The van der Waals surface area contributed by atoms with Gasteiger partial charge in [0.15, 0.2) is 0 Å². The maximum Gasteiger partial charge on any atom is 0.269 e. The highest BCUT2D eigenvalue weighted by molar-refractivity contribution is 5.84. The third kappa shape index (κ3) is 1.55. The number of non-ortho nitro benzene ring substituents is 1. The second-order valence-corrected chi connectivity index (χ2v) is 6.07. The van der Waals surface area contributed by atoms with Crippen LogP contribution in [-0.2, 0) is 5.41 Å². The van der Waals surface area contributed by atoms with Crippen LogP contribution >= 0.6 is 0 Å². The van der Waals surface area contributed by atoms with Gasteiger partial charge in [-0.2, -0.15) is 0 Å². The van der Waals surface area contributed by atoms with E-state index < -0.39 is 0 Å². The fraction of sp³-hybridized carbons (Fsp3) is 0.278. The molecule has 2 atom stereocenters. The number of aliphatic imine (C=N–C) groups is 1. The maximum atomic E-state index is 11.2. The van der Waals surface area contributed by atoms with Gasteiger partial charge in [-0.25, -0.2) is 0 Å². The number of rotatable bonds is 2. The van der Waals surface area contributed by atoms with Gasteiger partial charge in [0, 0.05) is 31.3 Å². The zero-order valence-corrected chi connectivity index (χ0v) is 12.3. The topological polar surface area (TPSA) is 55.5 Å². The van der Waals surface area contributed by atoms with Crippen molar-refractivity contribution in [2.75, 3.05) is 7.05 Å². The Labute approximate surface area is 128 Å². The lowest BCUT2D eigenvalue weighted by Gasteiger charge is -2.47. The zero-order chi connectivity index (χ0) is 15.3. The summed E-state index contributed by atoms with van der Waals surface area (Å²) in [6.07, 6.45) is 4.00. The molecule has 2 aromatic rings. The van der Waals surface area contributed by atoms with Crippen LogP contribution in [0.2, 0.25) is 0 Å². The monoisotopic (exact) mass is 292 g/mol. The summed E-state index contributed by atoms with van der Waals surface area (Å²) in [6.45, 7) is 0. The summed E-state index contributed by atoms with van der Waals surface area (Å²) < 4.78 is 0. The first kappa shape index (κ1) is 13.2. The van der Waals surface area contributed by atoms with Gasteiger partial charge in [-0.15, -0.1) is 0 Å². The third-order valence-electron chi connectivity index (χ3n) is 5.10. The number of nitro benzene ring substituents is 1. The van der Waals surface area contributed by atoms with Crippen LogP contribution in [0.25, 0.3) is 0 Å². The minimum Gasteiger partial charge on any atom is -0.300 e. The van der Waals surface area contributed by atoms with Gasteiger partial charge in [0.05, 0.1) is 10.3 Å². The summed E-state index contributed by atoms with van der Waals surface area (Å²) in [6, 6.07) is 13.7. The molecule has 0 heterocycles. The van der Waals surface area contributed by atoms with Gasteiger partial charge in [-0.3, -0.25) is 15.1 Å². The first-order valence-corrected chi connectivity index (χ1v) is 7.49. The average molecular weight is 292 g/mol. The zero-order valence-electron chi connectivity index (χ0n) is 12.3. The van der Waals surface area contributed by atoms with E-state index in [0.717, 1.165) is 18.4 Å². The second-order valence-electron chi connectivity index (χ2n) is 6.07. The Morgan fingerprint density at radius 3 is 2.77 bits per heavy atom. The first-order valence-electron chi connectivity index (χ1n) is 7.49. The SMILES string of the molecule is CN=CC12CCC(c3ccccc31)c1ccc([N+](=O)[O-])cc12. The molecule has 0 amide bonds. The lowest BCUT2D eigenvalue weighted by molar-refractivity contribution is -0.385. The molecule has 4 nitrogen and oxygen atoms in total. The number of nitro groups is 1. The van der Waals surface area contributed by atoms with Gasteiger partial charge >= 0.3 is 0 Å². The number of fused-ring (bicyclic) bond motifs is 1. The Balaban J connectivity index is 2.05. The van der Waals surface area contributed by atoms with Crippen LogP contribution in [0.5, 0.6) is 0 Å². The molecule has 0 fully saturated rings. The van der Waals surface area contributed by atoms with E-state index in [9.17, 15) is 10.1 Å². The van der Waals surface area contributed by atoms with Crippen LogP contribution in [0.4, 0.5) is 5.69 Å². The Bertz CT molecular complexity index is 812. The normalized spacial score (nSPS) is 25.0. The van der Waals surface area contributed by atoms with E-state index in [4.69, 9.17) is 0 Å². The molecular formula is C18H16N2O2. The molecule has 2 bridgehead atoms. The third-order valence-corrected chi connectivity index (χ3v) is 5.10. The van der Waals surface area contributed by atoms with Crippen molar-refractivity contribution in [1.82, 2.24) is 0 Å². The van der Waals surface area contributed by atoms with Crippen LogP contribution < -0.4 is 0 Å². The number of hydrogen-bond donors (Lipinski definition) is 0. The Morgan fingerprint density at radius 2 is 2.00 bits per heavy atom. The van der Waals surface area contributed by atoms with Crippen molar-refractivity contribution in [2.24, 2.45) is 4.99 Å². The summed E-state index contributed by atoms with van der Waals surface area (Å²) in [5.41, 5.74) is 4.71. The highest BCUT2D eigenvalue weighted by Crippen LogP contribution is 2.55. The van der Waals surface area contributed by atoms with Gasteiger partial charge in [0.1, 0.15) is 0 Å². The predicted octanol–water partition coefficient (Wildman–Crippen LogP) is 3.82. The van der Waals surface area contributed by atoms with E-state index >= 15 is 0 Å². The molecular weight excluding hydrogens is 276 g/mol. The molecule has 0 saturated carbocycles. The molecule has 2 unspecified atom stereocenters. The molecule has 0 spiro atoms. The Hall–Kier alpha value is -2.49. The van der Waals surface area contributed by atoms with Crippen LogP contribution in [-0.4, -0.2) is 18.2 Å². The van der Waals surface area contributed by atoms with Gasteiger partial charge in [0.25, 0.3) is 5.69 Å². The Kier molecular flexibility index (Phi) is 2.70. The number of benzene rings is 2. The van der Waals surface area contributed by atoms with Gasteiger partial charge < -0.3 is 0 Å². The van der Waals surface area contributed by atoms with E-state index in [1.165, 1.54) is 16.7 Å². The first-order chi connectivity index (χ1) is 10.7. The van der Waals surface area contributed by atoms with Crippen molar-refractivity contribution in [1.29, 1.82) is 0 Å². The average Bonchev–Trinajstić information content (AvgIpc) is 2.55. The van der Waals surface area contributed by atoms with Gasteiger partial charge in [0.2, 0.25) is 0 Å². The molecule has 22 heavy (non-hydrogen) atoms. The Morgan fingerprint density at radius 1 is 1.23 bits per heavy atom. The highest BCUT2D eigenvalue weighted by atomic mass is 16.6. The molecule has 3 aliphatic rings. The second kappa shape index (κ2) is 4.50. The van der Waals surface area contributed by atoms with E-state index in [0.29, 0.717) is 5.92 Å². The minimum absolute atomic E-state index is 0.160. The van der Waals surface area contributed by atoms with E-state index in [1.807, 2.05) is 18.3 Å². The van der Waals surface area contributed by atoms with E-state index in [2.05, 4.69) is 23.2 Å². The molecule has 0 N–H and O–H groups in total. The highest BCUT2D eigenvalue weighted by Gasteiger charge is 2.47. The predicted molar refractivity (Wildman–Crippen MR) is 85.8 cm³/mol. The van der Waals surface area contributed by atoms with Crippen molar-refractivity contribution in [3.8, 4) is 0 Å². The molecule has 110 valence electrons. The summed E-state index contributed by atoms with van der Waals surface area (Å²) in [5, 5.41) is 11.2. The van der Waals surface area contributed by atoms with E-state index in [-0.39, 0.29) is 16.0 Å².